The molecule has 0 aliphatic heterocycles. The number of likely N-dealkylation sites (N-methyl/N-ethyl adjacent to an activating group) is 1. The first-order valence-corrected chi connectivity index (χ1v) is 8.94. The van der Waals surface area contributed by atoms with Crippen molar-refractivity contribution in [3.8, 4) is 0 Å². The Morgan fingerprint density at radius 2 is 2.21 bits per heavy atom. The van der Waals surface area contributed by atoms with E-state index in [4.69, 9.17) is 0 Å². The van der Waals surface area contributed by atoms with Gasteiger partial charge in [-0.2, -0.15) is 0 Å². The average Bonchev–Trinajstić information content (AvgIpc) is 2.75. The van der Waals surface area contributed by atoms with Crippen LogP contribution in [-0.4, -0.2) is 31.1 Å². The molecule has 1 heterocycles. The Morgan fingerprint density at radius 1 is 1.42 bits per heavy atom. The maximum absolute atomic E-state index is 3.62. The molecule has 0 aliphatic carbocycles. The Balaban J connectivity index is 2.08. The van der Waals surface area contributed by atoms with Gasteiger partial charge in [0.1, 0.15) is 0 Å². The van der Waals surface area contributed by atoms with Gasteiger partial charge in [0.25, 0.3) is 0 Å². The first-order valence-electron chi connectivity index (χ1n) is 7.26. The first kappa shape index (κ1) is 17.2. The highest BCUT2D eigenvalue weighted by molar-refractivity contribution is 9.11. The average molecular weight is 347 g/mol. The second-order valence-electron chi connectivity index (χ2n) is 5.35. The molecule has 0 aliphatic rings. The molecule has 1 unspecified atom stereocenters. The molecule has 110 valence electrons. The van der Waals surface area contributed by atoms with Crippen molar-refractivity contribution >= 4 is 27.3 Å². The maximum atomic E-state index is 3.62. The summed E-state index contributed by atoms with van der Waals surface area (Å²) in [6.07, 6.45) is 5.32. The second kappa shape index (κ2) is 9.92. The van der Waals surface area contributed by atoms with Gasteiger partial charge in [-0.15, -0.1) is 11.3 Å². The van der Waals surface area contributed by atoms with E-state index in [9.17, 15) is 0 Å². The molecular weight excluding hydrogens is 320 g/mol. The van der Waals surface area contributed by atoms with E-state index in [1.54, 1.807) is 11.3 Å². The number of hydrogen-bond acceptors (Lipinski definition) is 3. The molecular formula is C15H27BrN2S. The highest BCUT2D eigenvalue weighted by Gasteiger charge is 2.04. The van der Waals surface area contributed by atoms with Crippen LogP contribution < -0.4 is 5.32 Å². The number of halogens is 1. The molecule has 1 atom stereocenters. The normalized spacial score (nSPS) is 13.1. The molecule has 0 bridgehead atoms. The van der Waals surface area contributed by atoms with E-state index in [-0.39, 0.29) is 0 Å². The van der Waals surface area contributed by atoms with Crippen molar-refractivity contribution in [1.82, 2.24) is 10.2 Å². The first-order chi connectivity index (χ1) is 9.11. The van der Waals surface area contributed by atoms with E-state index in [1.807, 2.05) is 0 Å². The van der Waals surface area contributed by atoms with Gasteiger partial charge in [-0.25, -0.2) is 0 Å². The van der Waals surface area contributed by atoms with E-state index >= 15 is 0 Å². The smallest absolute Gasteiger partial charge is 0.0701 e. The molecule has 19 heavy (non-hydrogen) atoms. The molecule has 0 aromatic carbocycles. The summed E-state index contributed by atoms with van der Waals surface area (Å²) in [5.74, 6) is 0. The predicted octanol–water partition coefficient (Wildman–Crippen LogP) is 4.50. The zero-order valence-electron chi connectivity index (χ0n) is 12.4. The molecule has 4 heteroatoms. The van der Waals surface area contributed by atoms with Crippen molar-refractivity contribution in [3.63, 3.8) is 0 Å². The lowest BCUT2D eigenvalue weighted by molar-refractivity contribution is 0.316. The van der Waals surface area contributed by atoms with Crippen LogP contribution in [0, 0.1) is 0 Å². The SMILES string of the molecule is CCCCCC(C)NCCN(C)Cc1csc(Br)c1. The van der Waals surface area contributed by atoms with Crippen LogP contribution in [0.5, 0.6) is 0 Å². The molecule has 2 nitrogen and oxygen atoms in total. The van der Waals surface area contributed by atoms with Crippen LogP contribution in [0.4, 0.5) is 0 Å². The van der Waals surface area contributed by atoms with Crippen molar-refractivity contribution < 1.29 is 0 Å². The van der Waals surface area contributed by atoms with Crippen LogP contribution in [-0.2, 0) is 6.54 Å². The van der Waals surface area contributed by atoms with Crippen molar-refractivity contribution in [2.24, 2.45) is 0 Å². The highest BCUT2D eigenvalue weighted by Crippen LogP contribution is 2.21. The molecule has 0 saturated carbocycles. The number of unbranched alkanes of at least 4 members (excludes halogenated alkanes) is 2. The van der Waals surface area contributed by atoms with Gasteiger partial charge in [-0.05, 0) is 53.3 Å². The maximum Gasteiger partial charge on any atom is 0.0701 e. The second-order valence-corrected chi connectivity index (χ2v) is 7.64. The summed E-state index contributed by atoms with van der Waals surface area (Å²) in [6.45, 7) is 7.77. The quantitative estimate of drug-likeness (QED) is 0.627. The fraction of sp³-hybridized carbons (Fsp3) is 0.733. The number of nitrogens with zero attached hydrogens (tertiary/aromatic N) is 1. The van der Waals surface area contributed by atoms with E-state index in [2.05, 4.69) is 58.5 Å². The number of hydrogen-bond donors (Lipinski definition) is 1. The third-order valence-electron chi connectivity index (χ3n) is 3.30. The van der Waals surface area contributed by atoms with E-state index in [1.165, 1.54) is 35.0 Å². The minimum Gasteiger partial charge on any atom is -0.313 e. The fourth-order valence-corrected chi connectivity index (χ4v) is 3.32. The lowest BCUT2D eigenvalue weighted by Crippen LogP contribution is -2.34. The van der Waals surface area contributed by atoms with Gasteiger partial charge in [0, 0.05) is 25.7 Å². The Morgan fingerprint density at radius 3 is 2.84 bits per heavy atom. The van der Waals surface area contributed by atoms with Gasteiger partial charge in [0.15, 0.2) is 0 Å². The largest absolute Gasteiger partial charge is 0.313 e. The van der Waals surface area contributed by atoms with Gasteiger partial charge in [0.05, 0.1) is 3.79 Å². The number of rotatable bonds is 10. The molecule has 0 radical (unpaired) electrons. The zero-order valence-corrected chi connectivity index (χ0v) is 14.8. The third-order valence-corrected chi connectivity index (χ3v) is 4.85. The van der Waals surface area contributed by atoms with Crippen LogP contribution >= 0.6 is 27.3 Å². The summed E-state index contributed by atoms with van der Waals surface area (Å²) < 4.78 is 1.22. The van der Waals surface area contributed by atoms with Gasteiger partial charge in [-0.3, -0.25) is 0 Å². The van der Waals surface area contributed by atoms with Crippen LogP contribution in [0.3, 0.4) is 0 Å². The Kier molecular flexibility index (Phi) is 8.95. The van der Waals surface area contributed by atoms with Gasteiger partial charge < -0.3 is 10.2 Å². The summed E-state index contributed by atoms with van der Waals surface area (Å²) in [7, 11) is 2.19. The molecule has 0 amide bonds. The lowest BCUT2D eigenvalue weighted by Gasteiger charge is -2.19. The molecule has 0 saturated heterocycles. The lowest BCUT2D eigenvalue weighted by atomic mass is 10.1. The standard InChI is InChI=1S/C15H27BrN2S/c1-4-5-6-7-13(2)17-8-9-18(3)11-14-10-15(16)19-12-14/h10,12-13,17H,4-9,11H2,1-3H3. The number of thiophene rings is 1. The number of nitrogens with one attached hydrogen (secondary N) is 1. The third kappa shape index (κ3) is 8.08. The van der Waals surface area contributed by atoms with Crippen LogP contribution in [0.25, 0.3) is 0 Å². The van der Waals surface area contributed by atoms with E-state index < -0.39 is 0 Å². The van der Waals surface area contributed by atoms with Crippen molar-refractivity contribution in [3.05, 3.63) is 20.8 Å². The predicted molar refractivity (Wildman–Crippen MR) is 90.0 cm³/mol. The molecule has 1 N–H and O–H groups in total. The molecule has 0 fully saturated rings. The monoisotopic (exact) mass is 346 g/mol. The Hall–Kier alpha value is 0.100. The molecule has 1 rings (SSSR count). The highest BCUT2D eigenvalue weighted by atomic mass is 79.9. The molecule has 1 aromatic rings. The van der Waals surface area contributed by atoms with E-state index in [0.29, 0.717) is 6.04 Å². The molecule has 0 spiro atoms. The Bertz CT molecular complexity index is 341. The summed E-state index contributed by atoms with van der Waals surface area (Å²) in [4.78, 5) is 2.38. The van der Waals surface area contributed by atoms with Crippen LogP contribution in [0.2, 0.25) is 0 Å². The molecule has 1 aromatic heterocycles. The van der Waals surface area contributed by atoms with Gasteiger partial charge >= 0.3 is 0 Å². The van der Waals surface area contributed by atoms with Crippen LogP contribution in [0.15, 0.2) is 15.2 Å². The Labute approximate surface area is 130 Å². The van der Waals surface area contributed by atoms with Crippen LogP contribution in [0.1, 0.15) is 45.1 Å². The fourth-order valence-electron chi connectivity index (χ4n) is 2.12. The van der Waals surface area contributed by atoms with Crippen molar-refractivity contribution in [2.45, 2.75) is 52.1 Å². The van der Waals surface area contributed by atoms with Gasteiger partial charge in [-0.1, -0.05) is 26.2 Å². The minimum absolute atomic E-state index is 0.648. The van der Waals surface area contributed by atoms with Crippen molar-refractivity contribution in [1.29, 1.82) is 0 Å². The minimum atomic E-state index is 0.648. The summed E-state index contributed by atoms with van der Waals surface area (Å²) >= 11 is 5.27. The van der Waals surface area contributed by atoms with Gasteiger partial charge in [0.2, 0.25) is 0 Å². The summed E-state index contributed by atoms with van der Waals surface area (Å²) in [6, 6.07) is 2.86. The van der Waals surface area contributed by atoms with Crippen molar-refractivity contribution in [2.75, 3.05) is 20.1 Å². The zero-order chi connectivity index (χ0) is 14.1. The summed E-state index contributed by atoms with van der Waals surface area (Å²) in [5, 5.41) is 5.84. The van der Waals surface area contributed by atoms with E-state index in [0.717, 1.165) is 19.6 Å². The topological polar surface area (TPSA) is 15.3 Å². The summed E-state index contributed by atoms with van der Waals surface area (Å²) in [5.41, 5.74) is 1.40.